The van der Waals surface area contributed by atoms with Gasteiger partial charge in [0.1, 0.15) is 6.17 Å². The van der Waals surface area contributed by atoms with Crippen molar-refractivity contribution >= 4 is 55.4 Å². The number of benzene rings is 9. The van der Waals surface area contributed by atoms with Gasteiger partial charge < -0.3 is 9.88 Å². The number of aromatic nitrogens is 2. The van der Waals surface area contributed by atoms with E-state index >= 15 is 0 Å². The first-order valence-corrected chi connectivity index (χ1v) is 21.1. The van der Waals surface area contributed by atoms with Gasteiger partial charge in [0.25, 0.3) is 0 Å². The zero-order chi connectivity index (χ0) is 41.0. The van der Waals surface area contributed by atoms with Gasteiger partial charge in [0.05, 0.1) is 27.8 Å². The van der Waals surface area contributed by atoms with Gasteiger partial charge in [0.2, 0.25) is 5.96 Å². The molecule has 9 aromatic carbocycles. The summed E-state index contributed by atoms with van der Waals surface area (Å²) in [6, 6.07) is 80.0. The van der Waals surface area contributed by atoms with Gasteiger partial charge in [-0.25, -0.2) is 4.99 Å². The standard InChI is InChI=1S/C57H39N5/c1-5-19-38(20-6-1)42-27-17-28-43(35-42)56-58-55(41-25-11-4-12-26-41)59-57(60-56)62-51-34-16-14-30-47(51)49-36-52-48(37-53(49)62)46-29-13-15-33-50(46)61(52)54-44(39-21-7-2-8-22-39)31-18-32-45(54)40-23-9-3-10-24-40/h1-37,56H,(H,58,59,60). The van der Waals surface area contributed by atoms with Crippen molar-refractivity contribution < 1.29 is 0 Å². The van der Waals surface area contributed by atoms with Crippen LogP contribution in [0.4, 0.5) is 0 Å². The molecule has 1 N–H and O–H groups in total. The van der Waals surface area contributed by atoms with Gasteiger partial charge in [-0.2, -0.15) is 4.99 Å². The van der Waals surface area contributed by atoms with Gasteiger partial charge in [-0.1, -0.05) is 194 Å². The fourth-order valence-corrected chi connectivity index (χ4v) is 9.34. The second-order valence-corrected chi connectivity index (χ2v) is 15.8. The molecule has 5 nitrogen and oxygen atoms in total. The maximum Gasteiger partial charge on any atom is 0.211 e. The molecule has 1 unspecified atom stereocenters. The molecule has 0 aliphatic carbocycles. The van der Waals surface area contributed by atoms with E-state index in [0.29, 0.717) is 5.84 Å². The van der Waals surface area contributed by atoms with Crippen LogP contribution in [-0.4, -0.2) is 20.9 Å². The summed E-state index contributed by atoms with van der Waals surface area (Å²) < 4.78 is 4.79. The molecule has 0 radical (unpaired) electrons. The van der Waals surface area contributed by atoms with Crippen LogP contribution in [0.15, 0.2) is 234 Å². The highest BCUT2D eigenvalue weighted by atomic mass is 15.3. The van der Waals surface area contributed by atoms with Crippen molar-refractivity contribution in [1.82, 2.24) is 14.5 Å². The Kier molecular flexibility index (Phi) is 8.49. The summed E-state index contributed by atoms with van der Waals surface area (Å²) >= 11 is 0. The molecule has 5 heteroatoms. The van der Waals surface area contributed by atoms with Gasteiger partial charge in [-0.15, -0.1) is 0 Å². The van der Waals surface area contributed by atoms with Crippen molar-refractivity contribution in [2.45, 2.75) is 6.17 Å². The Bertz CT molecular complexity index is 3470. The first-order valence-electron chi connectivity index (χ1n) is 21.1. The predicted molar refractivity (Wildman–Crippen MR) is 258 cm³/mol. The topological polar surface area (TPSA) is 46.6 Å². The summed E-state index contributed by atoms with van der Waals surface area (Å²) in [5, 5.41) is 8.47. The molecule has 1 aliphatic rings. The molecular formula is C57H39N5. The van der Waals surface area contributed by atoms with Crippen LogP contribution in [0.25, 0.3) is 82.7 Å². The Hall–Kier alpha value is -8.28. The van der Waals surface area contributed by atoms with Gasteiger partial charge in [0.15, 0.2) is 5.84 Å². The average Bonchev–Trinajstić information content (AvgIpc) is 3.85. The minimum absolute atomic E-state index is 0.380. The zero-order valence-electron chi connectivity index (χ0n) is 33.7. The molecule has 2 aromatic heterocycles. The van der Waals surface area contributed by atoms with Crippen molar-refractivity contribution in [1.29, 1.82) is 0 Å². The maximum atomic E-state index is 5.35. The fraction of sp³-hybridized carbons (Fsp3) is 0.0175. The highest BCUT2D eigenvalue weighted by Crippen LogP contribution is 2.43. The number of nitrogens with one attached hydrogen (secondary N) is 1. The molecule has 12 rings (SSSR count). The smallest absolute Gasteiger partial charge is 0.211 e. The summed E-state index contributed by atoms with van der Waals surface area (Å²) in [7, 11) is 0. The summed E-state index contributed by atoms with van der Waals surface area (Å²) in [5.41, 5.74) is 14.6. The van der Waals surface area contributed by atoms with Crippen molar-refractivity contribution in [3.05, 3.63) is 236 Å². The lowest BCUT2D eigenvalue weighted by molar-refractivity contribution is 0.662. The second kappa shape index (κ2) is 14.8. The predicted octanol–water partition coefficient (Wildman–Crippen LogP) is 13.8. The molecular weight excluding hydrogens is 755 g/mol. The third-order valence-corrected chi connectivity index (χ3v) is 12.2. The summed E-state index contributed by atoms with van der Waals surface area (Å²) in [5.74, 6) is 1.41. The highest BCUT2D eigenvalue weighted by molar-refractivity contribution is 6.22. The van der Waals surface area contributed by atoms with E-state index in [1.54, 1.807) is 0 Å². The van der Waals surface area contributed by atoms with Crippen molar-refractivity contribution in [2.24, 2.45) is 9.98 Å². The van der Waals surface area contributed by atoms with Crippen molar-refractivity contribution in [2.75, 3.05) is 0 Å². The van der Waals surface area contributed by atoms with E-state index in [1.807, 2.05) is 18.2 Å². The quantitative estimate of drug-likeness (QED) is 0.179. The first-order chi connectivity index (χ1) is 30.8. The first kappa shape index (κ1) is 35.6. The fourth-order valence-electron chi connectivity index (χ4n) is 9.34. The lowest BCUT2D eigenvalue weighted by Gasteiger charge is -2.25. The molecule has 0 saturated carbocycles. The van der Waals surface area contributed by atoms with Crippen LogP contribution >= 0.6 is 0 Å². The van der Waals surface area contributed by atoms with E-state index in [-0.39, 0.29) is 6.17 Å². The van der Waals surface area contributed by atoms with E-state index in [4.69, 9.17) is 9.98 Å². The van der Waals surface area contributed by atoms with E-state index in [2.05, 4.69) is 221 Å². The molecule has 0 saturated heterocycles. The average molecular weight is 794 g/mol. The second-order valence-electron chi connectivity index (χ2n) is 15.8. The lowest BCUT2D eigenvalue weighted by Crippen LogP contribution is -2.37. The number of aliphatic imine (C=N–C) groups is 2. The molecule has 0 amide bonds. The van der Waals surface area contributed by atoms with Crippen LogP contribution in [0.3, 0.4) is 0 Å². The molecule has 0 fully saturated rings. The number of hydrogen-bond acceptors (Lipinski definition) is 3. The van der Waals surface area contributed by atoms with Crippen molar-refractivity contribution in [3.63, 3.8) is 0 Å². The number of hydrogen-bond donors (Lipinski definition) is 1. The third-order valence-electron chi connectivity index (χ3n) is 12.2. The number of rotatable bonds is 6. The Morgan fingerprint density at radius 3 is 1.42 bits per heavy atom. The minimum atomic E-state index is -0.380. The highest BCUT2D eigenvalue weighted by Gasteiger charge is 2.26. The van der Waals surface area contributed by atoms with Crippen LogP contribution in [0.2, 0.25) is 0 Å². The number of para-hydroxylation sites is 3. The summed E-state index contributed by atoms with van der Waals surface area (Å²) in [6.45, 7) is 0. The molecule has 1 atom stereocenters. The van der Waals surface area contributed by atoms with Crippen LogP contribution in [0, 0.1) is 0 Å². The van der Waals surface area contributed by atoms with Crippen LogP contribution in [0.1, 0.15) is 17.3 Å². The lowest BCUT2D eigenvalue weighted by atomic mass is 9.95. The normalized spacial score (nSPS) is 14.0. The van der Waals surface area contributed by atoms with Crippen LogP contribution < -0.4 is 5.32 Å². The third kappa shape index (κ3) is 5.94. The van der Waals surface area contributed by atoms with E-state index in [9.17, 15) is 0 Å². The molecule has 11 aromatic rings. The molecule has 0 spiro atoms. The maximum absolute atomic E-state index is 5.35. The monoisotopic (exact) mass is 793 g/mol. The van der Waals surface area contributed by atoms with Gasteiger partial charge in [-0.3, -0.25) is 4.57 Å². The Morgan fingerprint density at radius 2 is 0.823 bits per heavy atom. The Labute approximate surface area is 359 Å². The molecule has 0 bridgehead atoms. The summed E-state index contributed by atoms with van der Waals surface area (Å²) in [6.07, 6.45) is -0.380. The molecule has 292 valence electrons. The largest absolute Gasteiger partial charge is 0.330 e. The Morgan fingerprint density at radius 1 is 0.355 bits per heavy atom. The van der Waals surface area contributed by atoms with Gasteiger partial charge >= 0.3 is 0 Å². The molecule has 1 aliphatic heterocycles. The van der Waals surface area contributed by atoms with Crippen molar-refractivity contribution in [3.8, 4) is 39.1 Å². The minimum Gasteiger partial charge on any atom is -0.330 e. The van der Waals surface area contributed by atoms with Gasteiger partial charge in [0, 0.05) is 38.2 Å². The number of nitrogens with zero attached hydrogens (tertiary/aromatic N) is 4. The van der Waals surface area contributed by atoms with Crippen LogP contribution in [0.5, 0.6) is 0 Å². The number of fused-ring (bicyclic) bond motifs is 6. The zero-order valence-corrected chi connectivity index (χ0v) is 33.7. The van der Waals surface area contributed by atoms with Gasteiger partial charge in [-0.05, 0) is 58.1 Å². The molecule has 62 heavy (non-hydrogen) atoms. The van der Waals surface area contributed by atoms with E-state index in [1.165, 1.54) is 38.6 Å². The molecule has 3 heterocycles. The van der Waals surface area contributed by atoms with Crippen LogP contribution in [-0.2, 0) is 0 Å². The van der Waals surface area contributed by atoms with E-state index in [0.717, 1.165) is 61.2 Å². The number of amidine groups is 1. The van der Waals surface area contributed by atoms with E-state index < -0.39 is 0 Å². The Balaban J connectivity index is 1.11. The SMILES string of the molecule is c1ccc(C2=NC(c3cccc(-c4ccccc4)c3)NC(n3c4ccccc4c4cc5c(cc43)c3ccccc3n5-c3c(-c4ccccc4)cccc3-c3ccccc3)=N2)cc1. The summed E-state index contributed by atoms with van der Waals surface area (Å²) in [4.78, 5) is 10.6.